The zero-order valence-electron chi connectivity index (χ0n) is 46.6. The van der Waals surface area contributed by atoms with Gasteiger partial charge in [0.25, 0.3) is 0 Å². The Balaban J connectivity index is 0.827. The van der Waals surface area contributed by atoms with Crippen LogP contribution in [0.3, 0.4) is 0 Å². The lowest BCUT2D eigenvalue weighted by molar-refractivity contribution is -0.142. The summed E-state index contributed by atoms with van der Waals surface area (Å²) in [5.74, 6) is -0.640. The van der Waals surface area contributed by atoms with Crippen LogP contribution in [0.15, 0.2) is 85.2 Å². The second kappa shape index (κ2) is 22.8. The highest BCUT2D eigenvalue weighted by Gasteiger charge is 2.45. The number of pyridine rings is 2. The highest BCUT2D eigenvalue weighted by Crippen LogP contribution is 2.54. The molecule has 6 N–H and O–H groups in total. The van der Waals surface area contributed by atoms with Gasteiger partial charge in [-0.1, -0.05) is 73.7 Å². The highest BCUT2D eigenvalue weighted by atomic mass is 19.4. The molecule has 7 aromatic rings. The van der Waals surface area contributed by atoms with Crippen molar-refractivity contribution in [1.82, 2.24) is 50.5 Å². The van der Waals surface area contributed by atoms with E-state index in [-0.39, 0.29) is 84.0 Å². The average Bonchev–Trinajstić information content (AvgIpc) is 3.81. The molecule has 4 aliphatic heterocycles. The van der Waals surface area contributed by atoms with Crippen LogP contribution in [0.5, 0.6) is 11.8 Å². The van der Waals surface area contributed by atoms with Crippen LogP contribution in [-0.4, -0.2) is 132 Å². The first-order valence-electron chi connectivity index (χ1n) is 28.5. The second-order valence-electron chi connectivity index (χ2n) is 23.0. The number of amides is 2. The molecule has 8 heterocycles. The van der Waals surface area contributed by atoms with E-state index in [0.717, 1.165) is 42.6 Å². The van der Waals surface area contributed by atoms with Crippen LogP contribution in [0.4, 0.5) is 24.8 Å². The molecule has 3 aromatic carbocycles. The van der Waals surface area contributed by atoms with Crippen LogP contribution >= 0.6 is 0 Å². The van der Waals surface area contributed by atoms with Crippen LogP contribution in [0, 0.1) is 19.8 Å². The van der Waals surface area contributed by atoms with Gasteiger partial charge in [0.05, 0.1) is 49.4 Å². The number of aliphatic hydroxyl groups excluding tert-OH is 2. The Morgan fingerprint density at radius 2 is 1.71 bits per heavy atom. The Kier molecular flexibility index (Phi) is 15.3. The van der Waals surface area contributed by atoms with Crippen LogP contribution in [0.2, 0.25) is 0 Å². The Morgan fingerprint density at radius 1 is 0.952 bits per heavy atom. The minimum absolute atomic E-state index is 0.00605. The van der Waals surface area contributed by atoms with Crippen LogP contribution in [0.1, 0.15) is 104 Å². The van der Waals surface area contributed by atoms with Crippen molar-refractivity contribution in [2.75, 3.05) is 50.1 Å². The fourth-order valence-corrected chi connectivity index (χ4v) is 12.4. The summed E-state index contributed by atoms with van der Waals surface area (Å²) in [7, 11) is 0. The van der Waals surface area contributed by atoms with Crippen LogP contribution in [-0.2, 0) is 27.1 Å². The summed E-state index contributed by atoms with van der Waals surface area (Å²) < 4.78 is 66.6. The van der Waals surface area contributed by atoms with Gasteiger partial charge in [-0.15, -0.1) is 5.10 Å². The number of nitrogens with two attached hydrogens (primary N) is 1. The molecule has 434 valence electrons. The molecule has 6 atom stereocenters. The number of likely N-dealkylation sites (tertiary alicyclic amines) is 1. The van der Waals surface area contributed by atoms with E-state index in [2.05, 4.69) is 35.8 Å². The standard InChI is InChI=1S/C61H67F3N12O7/c1-32(2)55(59(80)75-28-42(78)24-49(75)58(79)68-48(30-77)39-15-13-36(14-16-39)44-6-5-19-66-34(44)4)76-29-47(72-73-76)38-9-7-35(8-10-38)31-82-56-51(54-52(61(62,63)64)33(3)22-50(65)69-54)45(37-11-12-37)25-46-53(56)70-60(83-43-17-20-81-21-18-43)71-57(46)74-27-40-23-41(74)26-67-40/h5-10,13-16,19,22,25,29,32,37,40-43,48-49,55,67,77-78H,11-12,17-18,20-21,23-24,26-28,30-31H2,1-4H3,(H2,65,69)(H,68,79)/t40-,41-,42+,48-,49-,55-/m0/s1. The first-order valence-corrected chi connectivity index (χ1v) is 28.5. The van der Waals surface area contributed by atoms with Gasteiger partial charge in [0.15, 0.2) is 5.75 Å². The third-order valence-corrected chi connectivity index (χ3v) is 16.8. The van der Waals surface area contributed by atoms with Gasteiger partial charge in [0, 0.05) is 84.9 Å². The molecular formula is C61H67F3N12O7. The highest BCUT2D eigenvalue weighted by molar-refractivity contribution is 6.01. The number of piperazine rings is 1. The lowest BCUT2D eigenvalue weighted by Crippen LogP contribution is -2.50. The number of nitrogens with one attached hydrogen (secondary N) is 2. The van der Waals surface area contributed by atoms with Gasteiger partial charge in [0.1, 0.15) is 47.6 Å². The number of aromatic nitrogens is 7. The zero-order chi connectivity index (χ0) is 57.8. The molecule has 5 aliphatic rings. The summed E-state index contributed by atoms with van der Waals surface area (Å²) in [6.45, 7) is 8.95. The van der Waals surface area contributed by atoms with Crippen LogP contribution < -0.4 is 30.7 Å². The molecule has 2 amide bonds. The number of nitrogen functional groups attached to an aromatic ring is 1. The van der Waals surface area contributed by atoms with Crippen molar-refractivity contribution in [3.63, 3.8) is 0 Å². The summed E-state index contributed by atoms with van der Waals surface area (Å²) in [5.41, 5.74) is 11.4. The molecule has 19 nitrogen and oxygen atoms in total. The van der Waals surface area contributed by atoms with E-state index in [0.29, 0.717) is 77.3 Å². The summed E-state index contributed by atoms with van der Waals surface area (Å²) in [5, 5.41) is 37.4. The fourth-order valence-electron chi connectivity index (χ4n) is 12.4. The lowest BCUT2D eigenvalue weighted by Gasteiger charge is -2.31. The van der Waals surface area contributed by atoms with Crippen molar-refractivity contribution < 1.29 is 47.2 Å². The number of halogens is 3. The van der Waals surface area contributed by atoms with E-state index < -0.39 is 54.4 Å². The molecule has 4 aromatic heterocycles. The Bertz CT molecular complexity index is 3560. The molecule has 4 saturated heterocycles. The number of ether oxygens (including phenoxy) is 3. The van der Waals surface area contributed by atoms with Gasteiger partial charge in [-0.25, -0.2) is 9.67 Å². The number of carbonyl (C=O) groups excluding carboxylic acids is 2. The predicted molar refractivity (Wildman–Crippen MR) is 303 cm³/mol. The summed E-state index contributed by atoms with van der Waals surface area (Å²) in [6, 6.07) is 19.6. The van der Waals surface area contributed by atoms with Crippen molar-refractivity contribution in [1.29, 1.82) is 0 Å². The Morgan fingerprint density at radius 3 is 2.39 bits per heavy atom. The molecule has 83 heavy (non-hydrogen) atoms. The van der Waals surface area contributed by atoms with Crippen molar-refractivity contribution in [3.8, 4) is 45.4 Å². The lowest BCUT2D eigenvalue weighted by atomic mass is 9.92. The van der Waals surface area contributed by atoms with Gasteiger partial charge >= 0.3 is 12.2 Å². The number of alkyl halides is 3. The van der Waals surface area contributed by atoms with Crippen molar-refractivity contribution in [3.05, 3.63) is 119 Å². The topological polar surface area (TPSA) is 241 Å². The number of rotatable bonds is 17. The minimum atomic E-state index is -4.79. The maximum absolute atomic E-state index is 15.4. The maximum atomic E-state index is 15.4. The van der Waals surface area contributed by atoms with Crippen molar-refractivity contribution in [2.45, 2.75) is 127 Å². The summed E-state index contributed by atoms with van der Waals surface area (Å²) in [4.78, 5) is 51.2. The third-order valence-electron chi connectivity index (χ3n) is 16.8. The Hall–Kier alpha value is -7.79. The van der Waals surface area contributed by atoms with E-state index in [1.165, 1.54) is 22.6 Å². The summed E-state index contributed by atoms with van der Waals surface area (Å²) in [6.07, 6.45) is 1.09. The van der Waals surface area contributed by atoms with Gasteiger partial charge in [0.2, 0.25) is 11.8 Å². The SMILES string of the molecule is Cc1cc(N)nc(-c2c(C3CC3)cc3c(N4C[C@@H]5C[C@H]4CN5)nc(OC4CCOCC4)nc3c2OCc2ccc(-c3cn([C@H](C(=O)N4C[C@H](O)C[C@H]4C(=O)N[C@@H](CO)c4ccc(-c5cccnc5C)cc4)C(C)C)nn3)cc2)c1C(F)(F)F. The van der Waals surface area contributed by atoms with Gasteiger partial charge in [-0.05, 0) is 91.0 Å². The average molecular weight is 1140 g/mol. The number of fused-ring (bicyclic) bond motifs is 3. The molecule has 0 spiro atoms. The van der Waals surface area contributed by atoms with Crippen molar-refractivity contribution >= 4 is 34.4 Å². The van der Waals surface area contributed by atoms with E-state index in [4.69, 9.17) is 29.9 Å². The molecule has 1 aliphatic carbocycles. The molecule has 0 radical (unpaired) electrons. The fraction of sp³-hybridized carbons (Fsp3) is 0.443. The van der Waals surface area contributed by atoms with E-state index in [1.807, 2.05) is 87.5 Å². The number of aryl methyl sites for hydroxylation is 2. The van der Waals surface area contributed by atoms with Gasteiger partial charge in [-0.3, -0.25) is 14.6 Å². The number of aliphatic hydroxyl groups is 2. The van der Waals surface area contributed by atoms with E-state index in [1.54, 1.807) is 12.4 Å². The maximum Gasteiger partial charge on any atom is 0.418 e. The largest absolute Gasteiger partial charge is 0.486 e. The van der Waals surface area contributed by atoms with Crippen molar-refractivity contribution in [2.24, 2.45) is 5.92 Å². The minimum Gasteiger partial charge on any atom is -0.486 e. The van der Waals surface area contributed by atoms with E-state index in [9.17, 15) is 19.8 Å². The zero-order valence-corrected chi connectivity index (χ0v) is 46.6. The first kappa shape index (κ1) is 55.7. The summed E-state index contributed by atoms with van der Waals surface area (Å²) >= 11 is 0. The number of carbonyl (C=O) groups is 2. The molecule has 2 bridgehead atoms. The Labute approximate surface area is 477 Å². The molecule has 0 unspecified atom stereocenters. The third kappa shape index (κ3) is 11.3. The van der Waals surface area contributed by atoms with Gasteiger partial charge < -0.3 is 50.6 Å². The molecule has 22 heteroatoms. The number of hydrogen-bond acceptors (Lipinski definition) is 16. The number of hydrogen-bond donors (Lipinski definition) is 5. The molecule has 1 saturated carbocycles. The number of β-amino-alcohol motifs (C(OH)–C–C–N with tert-alkyl or cyclic N) is 1. The molecular weight excluding hydrogens is 1070 g/mol. The van der Waals surface area contributed by atoms with E-state index >= 15 is 13.2 Å². The number of benzene rings is 3. The molecule has 12 rings (SSSR count). The first-order chi connectivity index (χ1) is 40.0. The second-order valence-corrected chi connectivity index (χ2v) is 23.0. The number of anilines is 2. The van der Waals surface area contributed by atoms with Gasteiger partial charge in [-0.2, -0.15) is 23.1 Å². The quantitative estimate of drug-likeness (QED) is 0.0584. The normalized spacial score (nSPS) is 20.8. The smallest absolute Gasteiger partial charge is 0.418 e. The molecule has 5 fully saturated rings. The monoisotopic (exact) mass is 1140 g/mol. The predicted octanol–water partition coefficient (Wildman–Crippen LogP) is 7.80. The van der Waals surface area contributed by atoms with Crippen LogP contribution in [0.25, 0.3) is 44.5 Å². The number of nitrogens with zero attached hydrogens (tertiary/aromatic N) is 9.